The molecule has 3 nitrogen and oxygen atoms in total. The average Bonchev–Trinajstić information content (AvgIpc) is 2.39. The zero-order valence-corrected chi connectivity index (χ0v) is 13.5. The van der Waals surface area contributed by atoms with Crippen molar-refractivity contribution in [1.29, 1.82) is 0 Å². The van der Waals surface area contributed by atoms with Crippen molar-refractivity contribution >= 4 is 26.0 Å². The van der Waals surface area contributed by atoms with E-state index in [1.807, 2.05) is 19.1 Å². The number of sulfonamides is 1. The predicted molar refractivity (Wildman–Crippen MR) is 81.0 cm³/mol. The molecule has 1 aliphatic rings. The predicted octanol–water partition coefficient (Wildman–Crippen LogP) is 3.23. The van der Waals surface area contributed by atoms with E-state index in [0.29, 0.717) is 10.8 Å². The van der Waals surface area contributed by atoms with Crippen LogP contribution in [0.15, 0.2) is 29.2 Å². The maximum Gasteiger partial charge on any atom is 0.240 e. The van der Waals surface area contributed by atoms with Gasteiger partial charge in [0.15, 0.2) is 0 Å². The molecule has 0 heterocycles. The van der Waals surface area contributed by atoms with Crippen molar-refractivity contribution in [2.75, 3.05) is 5.33 Å². The molecule has 1 fully saturated rings. The van der Waals surface area contributed by atoms with E-state index in [4.69, 9.17) is 0 Å². The first-order chi connectivity index (χ1) is 9.03. The number of aryl methyl sites for hydroxylation is 1. The first kappa shape index (κ1) is 15.0. The lowest BCUT2D eigenvalue weighted by Gasteiger charge is -2.30. The monoisotopic (exact) mass is 345 g/mol. The number of rotatable bonds is 4. The van der Waals surface area contributed by atoms with Crippen LogP contribution < -0.4 is 4.72 Å². The minimum absolute atomic E-state index is 0.0550. The summed E-state index contributed by atoms with van der Waals surface area (Å²) in [6.45, 7) is 1.95. The highest BCUT2D eigenvalue weighted by atomic mass is 79.9. The third-order valence-electron chi connectivity index (χ3n) is 3.75. The zero-order chi connectivity index (χ0) is 13.9. The highest BCUT2D eigenvalue weighted by Gasteiger charge is 2.28. The third kappa shape index (κ3) is 3.80. The molecule has 106 valence electrons. The van der Waals surface area contributed by atoms with E-state index in [9.17, 15) is 8.42 Å². The number of hydrogen-bond donors (Lipinski definition) is 1. The van der Waals surface area contributed by atoms with Crippen LogP contribution in [0.25, 0.3) is 0 Å². The summed E-state index contributed by atoms with van der Waals surface area (Å²) < 4.78 is 27.6. The molecule has 0 amide bonds. The van der Waals surface area contributed by atoms with Gasteiger partial charge < -0.3 is 0 Å². The van der Waals surface area contributed by atoms with Crippen LogP contribution in [0, 0.1) is 12.8 Å². The molecular formula is C14H20BrNO2S. The maximum atomic E-state index is 12.3. The molecule has 0 aromatic heterocycles. The summed E-state index contributed by atoms with van der Waals surface area (Å²) in [5.41, 5.74) is 1.06. The molecule has 1 aromatic carbocycles. The van der Waals surface area contributed by atoms with E-state index in [-0.39, 0.29) is 6.04 Å². The highest BCUT2D eigenvalue weighted by Crippen LogP contribution is 2.27. The minimum atomic E-state index is -3.39. The molecule has 1 aromatic rings. The number of hydrogen-bond acceptors (Lipinski definition) is 2. The molecule has 0 aliphatic heterocycles. The van der Waals surface area contributed by atoms with Gasteiger partial charge in [-0.3, -0.25) is 0 Å². The van der Waals surface area contributed by atoms with Crippen LogP contribution in [0.2, 0.25) is 0 Å². The Morgan fingerprint density at radius 2 is 1.84 bits per heavy atom. The number of alkyl halides is 1. The first-order valence-corrected chi connectivity index (χ1v) is 9.28. The lowest BCUT2D eigenvalue weighted by molar-refractivity contribution is 0.316. The quantitative estimate of drug-likeness (QED) is 0.851. The van der Waals surface area contributed by atoms with Crippen LogP contribution in [0.3, 0.4) is 0 Å². The fourth-order valence-corrected chi connectivity index (χ4v) is 4.65. The fraction of sp³-hybridized carbons (Fsp3) is 0.571. The molecule has 1 aliphatic carbocycles. The number of benzene rings is 1. The fourth-order valence-electron chi connectivity index (χ4n) is 2.53. The van der Waals surface area contributed by atoms with Gasteiger partial charge in [-0.15, -0.1) is 0 Å². The van der Waals surface area contributed by atoms with Gasteiger partial charge in [0.1, 0.15) is 0 Å². The topological polar surface area (TPSA) is 46.2 Å². The van der Waals surface area contributed by atoms with Crippen molar-refractivity contribution in [2.24, 2.45) is 5.92 Å². The molecule has 2 rings (SSSR count). The van der Waals surface area contributed by atoms with Gasteiger partial charge >= 0.3 is 0 Å². The van der Waals surface area contributed by atoms with Crippen molar-refractivity contribution in [2.45, 2.75) is 43.5 Å². The summed E-state index contributed by atoms with van der Waals surface area (Å²) >= 11 is 3.49. The van der Waals surface area contributed by atoms with E-state index in [2.05, 4.69) is 20.7 Å². The standard InChI is InChI=1S/C14H20BrNO2S/c1-11-6-8-13(9-7-11)19(17,18)16-14-5-3-2-4-12(14)10-15/h6-9,12,14,16H,2-5,10H2,1H3. The van der Waals surface area contributed by atoms with Crippen LogP contribution >= 0.6 is 15.9 Å². The lowest BCUT2D eigenvalue weighted by Crippen LogP contribution is -2.42. The Balaban J connectivity index is 2.14. The summed E-state index contributed by atoms with van der Waals surface area (Å²) in [5.74, 6) is 0.397. The van der Waals surface area contributed by atoms with Crippen molar-refractivity contribution in [1.82, 2.24) is 4.72 Å². The SMILES string of the molecule is Cc1ccc(S(=O)(=O)NC2CCCCC2CBr)cc1. The van der Waals surface area contributed by atoms with E-state index in [1.54, 1.807) is 12.1 Å². The van der Waals surface area contributed by atoms with E-state index in [1.165, 1.54) is 6.42 Å². The van der Waals surface area contributed by atoms with Crippen molar-refractivity contribution < 1.29 is 8.42 Å². The van der Waals surface area contributed by atoms with Gasteiger partial charge in [0.2, 0.25) is 10.0 Å². The number of nitrogens with one attached hydrogen (secondary N) is 1. The van der Waals surface area contributed by atoms with Gasteiger partial charge in [0.05, 0.1) is 4.90 Å². The summed E-state index contributed by atoms with van der Waals surface area (Å²) in [5, 5.41) is 0.855. The van der Waals surface area contributed by atoms with Crippen LogP contribution in [0.1, 0.15) is 31.2 Å². The molecule has 0 bridgehead atoms. The smallest absolute Gasteiger partial charge is 0.208 e. The molecule has 5 heteroatoms. The van der Waals surface area contributed by atoms with Gasteiger partial charge in [0, 0.05) is 11.4 Å². The van der Waals surface area contributed by atoms with Crippen molar-refractivity contribution in [3.8, 4) is 0 Å². The Hall–Kier alpha value is -0.390. The van der Waals surface area contributed by atoms with Gasteiger partial charge in [-0.05, 0) is 37.8 Å². The molecule has 1 saturated carbocycles. The average molecular weight is 346 g/mol. The number of halogens is 1. The van der Waals surface area contributed by atoms with Crippen molar-refractivity contribution in [3.63, 3.8) is 0 Å². The molecular weight excluding hydrogens is 326 g/mol. The summed E-state index contributed by atoms with van der Waals surface area (Å²) in [6.07, 6.45) is 4.32. The Morgan fingerprint density at radius 1 is 1.21 bits per heavy atom. The Morgan fingerprint density at radius 3 is 2.47 bits per heavy atom. The van der Waals surface area contributed by atoms with Gasteiger partial charge in [-0.1, -0.05) is 46.5 Å². The van der Waals surface area contributed by atoms with Gasteiger partial charge in [-0.25, -0.2) is 13.1 Å². The normalized spacial score (nSPS) is 24.3. The minimum Gasteiger partial charge on any atom is -0.208 e. The Bertz CT molecular complexity index is 513. The highest BCUT2D eigenvalue weighted by molar-refractivity contribution is 9.09. The Kier molecular flexibility index (Phi) is 5.03. The van der Waals surface area contributed by atoms with E-state index < -0.39 is 10.0 Å². The first-order valence-electron chi connectivity index (χ1n) is 6.68. The second-order valence-electron chi connectivity index (χ2n) is 5.24. The van der Waals surface area contributed by atoms with Gasteiger partial charge in [0.25, 0.3) is 0 Å². The molecule has 0 radical (unpaired) electrons. The van der Waals surface area contributed by atoms with Crippen molar-refractivity contribution in [3.05, 3.63) is 29.8 Å². The van der Waals surface area contributed by atoms with Crippen LogP contribution in [0.5, 0.6) is 0 Å². The summed E-state index contributed by atoms with van der Waals surface area (Å²) in [7, 11) is -3.39. The van der Waals surface area contributed by atoms with Crippen LogP contribution in [-0.4, -0.2) is 19.8 Å². The zero-order valence-electron chi connectivity index (χ0n) is 11.1. The maximum absolute atomic E-state index is 12.3. The molecule has 1 N–H and O–H groups in total. The summed E-state index contributed by atoms with van der Waals surface area (Å²) in [6, 6.07) is 7.06. The lowest BCUT2D eigenvalue weighted by atomic mass is 9.87. The second-order valence-corrected chi connectivity index (χ2v) is 7.60. The van der Waals surface area contributed by atoms with E-state index in [0.717, 1.165) is 30.2 Å². The molecule has 0 spiro atoms. The largest absolute Gasteiger partial charge is 0.240 e. The Labute approximate surface area is 124 Å². The molecule has 2 atom stereocenters. The molecule has 2 unspecified atom stereocenters. The molecule has 19 heavy (non-hydrogen) atoms. The van der Waals surface area contributed by atoms with Crippen LogP contribution in [0.4, 0.5) is 0 Å². The third-order valence-corrected chi connectivity index (χ3v) is 6.08. The van der Waals surface area contributed by atoms with E-state index >= 15 is 0 Å². The van der Waals surface area contributed by atoms with Gasteiger partial charge in [-0.2, -0.15) is 0 Å². The molecule has 0 saturated heterocycles. The second kappa shape index (κ2) is 6.37. The summed E-state index contributed by atoms with van der Waals surface area (Å²) in [4.78, 5) is 0.358. The van der Waals surface area contributed by atoms with Crippen LogP contribution in [-0.2, 0) is 10.0 Å².